The van der Waals surface area contributed by atoms with E-state index in [4.69, 9.17) is 4.43 Å². The van der Waals surface area contributed by atoms with Gasteiger partial charge in [-0.3, -0.25) is 4.79 Å². The minimum atomic E-state index is -4.11. The molecule has 0 spiro atoms. The summed E-state index contributed by atoms with van der Waals surface area (Å²) in [5.74, 6) is 0.734. The lowest BCUT2D eigenvalue weighted by molar-refractivity contribution is -0.377. The van der Waals surface area contributed by atoms with Gasteiger partial charge in [0.15, 0.2) is 8.32 Å². The molecule has 5 fully saturated rings. The van der Waals surface area contributed by atoms with Crippen molar-refractivity contribution in [1.29, 1.82) is 0 Å². The van der Waals surface area contributed by atoms with Gasteiger partial charge in [-0.05, 0) is 67.5 Å². The minimum Gasteiger partial charge on any atom is -0.417 e. The lowest BCUT2D eigenvalue weighted by Gasteiger charge is -2.73. The fraction of sp³-hybridized carbons (Fsp3) is 0.952. The van der Waals surface area contributed by atoms with Gasteiger partial charge in [-0.1, -0.05) is 20.8 Å². The standard InChI is InChI=1S/C21H34F3NO2Si/c1-18(2,3)28(4,5)27-9-14(8-17(26)16-7-13-6-15(13)25-16)19-10-20(11-19,12-19)21(22,23)24/h13-16,25H,6-12H2,1-5H3/t13-,14-,15-,16+,19?,20?/m1/s1. The van der Waals surface area contributed by atoms with E-state index in [1.807, 2.05) is 0 Å². The first-order chi connectivity index (χ1) is 12.7. The van der Waals surface area contributed by atoms with E-state index in [2.05, 4.69) is 39.2 Å². The molecule has 0 unspecified atom stereocenters. The third-order valence-corrected chi connectivity index (χ3v) is 13.2. The Kier molecular flexibility index (Phi) is 4.52. The van der Waals surface area contributed by atoms with E-state index >= 15 is 0 Å². The smallest absolute Gasteiger partial charge is 0.394 e. The van der Waals surface area contributed by atoms with Crippen LogP contribution >= 0.6 is 0 Å². The topological polar surface area (TPSA) is 38.3 Å². The Balaban J connectivity index is 1.43. The minimum absolute atomic E-state index is 0.0441. The summed E-state index contributed by atoms with van der Waals surface area (Å²) in [6.07, 6.45) is -1.13. The number of halogens is 3. The van der Waals surface area contributed by atoms with Crippen LogP contribution in [0.4, 0.5) is 13.2 Å². The average Bonchev–Trinajstić information content (AvgIpc) is 3.05. The van der Waals surface area contributed by atoms with Crippen molar-refractivity contribution in [1.82, 2.24) is 5.32 Å². The molecular weight excluding hydrogens is 383 g/mol. The summed E-state index contributed by atoms with van der Waals surface area (Å²) in [5.41, 5.74) is -1.81. The van der Waals surface area contributed by atoms with Crippen LogP contribution in [0.1, 0.15) is 59.3 Å². The number of piperidine rings is 1. The van der Waals surface area contributed by atoms with Gasteiger partial charge < -0.3 is 9.74 Å². The molecule has 28 heavy (non-hydrogen) atoms. The molecule has 7 heteroatoms. The Morgan fingerprint density at radius 2 is 1.79 bits per heavy atom. The van der Waals surface area contributed by atoms with Gasteiger partial charge in [0.05, 0.1) is 11.5 Å². The van der Waals surface area contributed by atoms with Crippen LogP contribution in [0, 0.1) is 22.7 Å². The molecule has 4 saturated carbocycles. The highest BCUT2D eigenvalue weighted by Gasteiger charge is 2.79. The predicted molar refractivity (Wildman–Crippen MR) is 104 cm³/mol. The molecule has 0 amide bonds. The van der Waals surface area contributed by atoms with Crippen molar-refractivity contribution in [2.45, 2.75) is 95.7 Å². The molecule has 0 aromatic heterocycles. The van der Waals surface area contributed by atoms with Gasteiger partial charge in [-0.15, -0.1) is 0 Å². The monoisotopic (exact) mass is 417 g/mol. The van der Waals surface area contributed by atoms with E-state index in [0.717, 1.165) is 6.42 Å². The molecule has 1 aliphatic heterocycles. The second-order valence-electron chi connectivity index (χ2n) is 11.7. The second-order valence-corrected chi connectivity index (χ2v) is 16.5. The highest BCUT2D eigenvalue weighted by atomic mass is 28.4. The first-order valence-corrected chi connectivity index (χ1v) is 13.6. The summed E-state index contributed by atoms with van der Waals surface area (Å²) in [5, 5.41) is 3.44. The number of Topliss-reactive ketones (excluding diaryl/α,β-unsaturated/α-hetero) is 1. The maximum atomic E-state index is 13.3. The maximum Gasteiger partial charge on any atom is 0.394 e. The van der Waals surface area contributed by atoms with Gasteiger partial charge in [-0.25, -0.2) is 0 Å². The number of carbonyl (C=O) groups is 1. The number of fused-ring (bicyclic) bond motifs is 1. The Labute approximate surface area is 167 Å². The van der Waals surface area contributed by atoms with Crippen molar-refractivity contribution in [3.8, 4) is 0 Å². The summed E-state index contributed by atoms with van der Waals surface area (Å²) in [7, 11) is -2.01. The SMILES string of the molecule is CC(C)(C)[Si](C)(C)OC[C@@H](CC(=O)[C@@H]1C[C@H]2C[C@H]2N1)C12CC(C(F)(F)F)(C1)C2. The zero-order valence-corrected chi connectivity index (χ0v) is 18.7. The largest absolute Gasteiger partial charge is 0.417 e. The van der Waals surface area contributed by atoms with Crippen molar-refractivity contribution < 1.29 is 22.4 Å². The van der Waals surface area contributed by atoms with Crippen molar-refractivity contribution in [3.63, 3.8) is 0 Å². The van der Waals surface area contributed by atoms with Gasteiger partial charge >= 0.3 is 6.18 Å². The lowest BCUT2D eigenvalue weighted by Crippen LogP contribution is -2.71. The first-order valence-electron chi connectivity index (χ1n) is 10.7. The van der Waals surface area contributed by atoms with Gasteiger partial charge in [-0.2, -0.15) is 13.2 Å². The highest BCUT2D eigenvalue weighted by molar-refractivity contribution is 6.74. The van der Waals surface area contributed by atoms with Crippen LogP contribution in [0.5, 0.6) is 0 Å². The average molecular weight is 418 g/mol. The molecular formula is C21H34F3NO2Si. The van der Waals surface area contributed by atoms with Crippen molar-refractivity contribution >= 4 is 14.1 Å². The van der Waals surface area contributed by atoms with Crippen LogP contribution in [-0.4, -0.2) is 39.0 Å². The van der Waals surface area contributed by atoms with Crippen LogP contribution in [0.3, 0.4) is 0 Å². The summed E-state index contributed by atoms with van der Waals surface area (Å²) >= 11 is 0. The molecule has 2 bridgehead atoms. The Hall–Kier alpha value is -0.403. The predicted octanol–water partition coefficient (Wildman–Crippen LogP) is 5.07. The fourth-order valence-corrected chi connectivity index (χ4v) is 6.58. The van der Waals surface area contributed by atoms with Gasteiger partial charge in [0.1, 0.15) is 5.78 Å². The molecule has 160 valence electrons. The fourth-order valence-electron chi connectivity index (χ4n) is 5.53. The molecule has 1 heterocycles. The number of rotatable bonds is 7. The zero-order chi connectivity index (χ0) is 20.8. The summed E-state index contributed by atoms with van der Waals surface area (Å²) in [4.78, 5) is 12.9. The van der Waals surface area contributed by atoms with E-state index in [9.17, 15) is 18.0 Å². The number of carbonyl (C=O) groups excluding carboxylic acids is 1. The zero-order valence-electron chi connectivity index (χ0n) is 17.7. The lowest BCUT2D eigenvalue weighted by atomic mass is 9.31. The van der Waals surface area contributed by atoms with E-state index in [0.29, 0.717) is 25.0 Å². The molecule has 1 saturated heterocycles. The number of nitrogens with one attached hydrogen (secondary N) is 1. The molecule has 0 radical (unpaired) electrons. The third-order valence-electron chi connectivity index (χ3n) is 8.70. The van der Waals surface area contributed by atoms with Crippen LogP contribution < -0.4 is 5.32 Å². The molecule has 0 aromatic rings. The van der Waals surface area contributed by atoms with E-state index in [1.165, 1.54) is 6.42 Å². The highest BCUT2D eigenvalue weighted by Crippen LogP contribution is 2.81. The van der Waals surface area contributed by atoms with Crippen LogP contribution in [-0.2, 0) is 9.22 Å². The van der Waals surface area contributed by atoms with Gasteiger partial charge in [0, 0.05) is 19.1 Å². The Morgan fingerprint density at radius 3 is 2.25 bits per heavy atom. The molecule has 4 atom stereocenters. The van der Waals surface area contributed by atoms with Gasteiger partial charge in [0.2, 0.25) is 0 Å². The first kappa shape index (κ1) is 20.9. The number of hydrogen-bond donors (Lipinski definition) is 1. The van der Waals surface area contributed by atoms with E-state index < -0.39 is 19.9 Å². The molecule has 4 aliphatic carbocycles. The van der Waals surface area contributed by atoms with Crippen molar-refractivity contribution in [3.05, 3.63) is 0 Å². The van der Waals surface area contributed by atoms with Gasteiger partial charge in [0.25, 0.3) is 0 Å². The van der Waals surface area contributed by atoms with Crippen LogP contribution in [0.2, 0.25) is 18.1 Å². The molecule has 5 rings (SSSR count). The number of hydrogen-bond acceptors (Lipinski definition) is 3. The van der Waals surface area contributed by atoms with Crippen molar-refractivity contribution in [2.24, 2.45) is 22.7 Å². The summed E-state index contributed by atoms with van der Waals surface area (Å²) < 4.78 is 46.4. The Morgan fingerprint density at radius 1 is 1.18 bits per heavy atom. The summed E-state index contributed by atoms with van der Waals surface area (Å²) in [6.45, 7) is 11.2. The third kappa shape index (κ3) is 3.20. The molecule has 3 nitrogen and oxygen atoms in total. The normalized spacial score (nSPS) is 40.4. The van der Waals surface area contributed by atoms with Crippen LogP contribution in [0.15, 0.2) is 0 Å². The molecule has 0 aromatic carbocycles. The maximum absolute atomic E-state index is 13.3. The van der Waals surface area contributed by atoms with E-state index in [1.54, 1.807) is 0 Å². The quantitative estimate of drug-likeness (QED) is 0.588. The number of alkyl halides is 3. The number of ketones is 1. The van der Waals surface area contributed by atoms with Crippen LogP contribution in [0.25, 0.3) is 0 Å². The van der Waals surface area contributed by atoms with E-state index in [-0.39, 0.29) is 47.5 Å². The summed E-state index contributed by atoms with van der Waals surface area (Å²) in [6, 6.07) is 0.405. The molecule has 5 aliphatic rings. The van der Waals surface area contributed by atoms with Crippen molar-refractivity contribution in [2.75, 3.05) is 6.61 Å². The molecule has 1 N–H and O–H groups in total. The Bertz CT molecular complexity index is 640. The second kappa shape index (κ2) is 6.07.